The molecule has 1 atom stereocenters. The molecule has 0 spiro atoms. The van der Waals surface area contributed by atoms with Crippen LogP contribution >= 0.6 is 11.6 Å². The second-order valence-electron chi connectivity index (χ2n) is 5.55. The number of carbonyl (C=O) groups excluding carboxylic acids is 1. The molecule has 1 unspecified atom stereocenters. The molecule has 0 radical (unpaired) electrons. The van der Waals surface area contributed by atoms with Crippen LogP contribution in [-0.2, 0) is 0 Å². The Bertz CT molecular complexity index is 872. The summed E-state index contributed by atoms with van der Waals surface area (Å²) in [5, 5.41) is 3.20. The van der Waals surface area contributed by atoms with Crippen molar-refractivity contribution in [2.75, 3.05) is 6.61 Å². The molecule has 6 heteroatoms. The normalized spacial score (nSPS) is 11.6. The van der Waals surface area contributed by atoms with Crippen LogP contribution in [0.5, 0.6) is 5.75 Å². The Kier molecular flexibility index (Phi) is 5.81. The molecule has 4 nitrogen and oxygen atoms in total. The molecule has 0 saturated carbocycles. The van der Waals surface area contributed by atoms with Gasteiger partial charge in [0.1, 0.15) is 11.8 Å². The molecule has 0 aliphatic rings. The summed E-state index contributed by atoms with van der Waals surface area (Å²) in [6.45, 7) is 0.0811. The van der Waals surface area contributed by atoms with Gasteiger partial charge in [-0.25, -0.2) is 9.37 Å². The van der Waals surface area contributed by atoms with Crippen LogP contribution in [0.2, 0.25) is 5.15 Å². The van der Waals surface area contributed by atoms with Crippen molar-refractivity contribution in [3.8, 4) is 5.75 Å². The van der Waals surface area contributed by atoms with Gasteiger partial charge in [-0.2, -0.15) is 0 Å². The number of benzene rings is 2. The maximum absolute atomic E-state index is 13.8. The van der Waals surface area contributed by atoms with Crippen LogP contribution in [0.15, 0.2) is 72.9 Å². The minimum absolute atomic E-state index is 0.0811. The van der Waals surface area contributed by atoms with Gasteiger partial charge in [0, 0.05) is 6.20 Å². The molecule has 0 aliphatic carbocycles. The maximum Gasteiger partial charge on any atom is 0.253 e. The Morgan fingerprint density at radius 1 is 1.08 bits per heavy atom. The predicted octanol–water partition coefficient (Wildman–Crippen LogP) is 4.42. The topological polar surface area (TPSA) is 51.2 Å². The molecule has 1 heterocycles. The number of para-hydroxylation sites is 1. The highest BCUT2D eigenvalue weighted by Crippen LogP contribution is 2.20. The lowest BCUT2D eigenvalue weighted by molar-refractivity contribution is 0.0920. The fourth-order valence-electron chi connectivity index (χ4n) is 2.39. The monoisotopic (exact) mass is 370 g/mol. The summed E-state index contributed by atoms with van der Waals surface area (Å²) in [5.74, 6) is -0.636. The third kappa shape index (κ3) is 4.58. The van der Waals surface area contributed by atoms with Crippen molar-refractivity contribution < 1.29 is 13.9 Å². The fourth-order valence-corrected chi connectivity index (χ4v) is 2.50. The van der Waals surface area contributed by atoms with Crippen molar-refractivity contribution in [3.63, 3.8) is 0 Å². The van der Waals surface area contributed by atoms with Crippen LogP contribution in [0, 0.1) is 5.82 Å². The highest BCUT2D eigenvalue weighted by Gasteiger charge is 2.17. The van der Waals surface area contributed by atoms with Crippen LogP contribution < -0.4 is 10.1 Å². The molecule has 0 fully saturated rings. The molecular weight excluding hydrogens is 355 g/mol. The number of hydrogen-bond donors (Lipinski definition) is 1. The second kappa shape index (κ2) is 8.45. The minimum atomic E-state index is -0.459. The first-order chi connectivity index (χ1) is 12.6. The number of rotatable bonds is 6. The fraction of sp³-hybridized carbons (Fsp3) is 0.100. The molecule has 3 rings (SSSR count). The van der Waals surface area contributed by atoms with Crippen LogP contribution in [0.4, 0.5) is 4.39 Å². The lowest BCUT2D eigenvalue weighted by atomic mass is 10.1. The summed E-state index contributed by atoms with van der Waals surface area (Å²) in [6, 6.07) is 18.2. The van der Waals surface area contributed by atoms with Crippen molar-refractivity contribution in [2.24, 2.45) is 0 Å². The van der Waals surface area contributed by atoms with Crippen molar-refractivity contribution in [3.05, 3.63) is 95.0 Å². The summed E-state index contributed by atoms with van der Waals surface area (Å²) in [4.78, 5) is 16.4. The van der Waals surface area contributed by atoms with Gasteiger partial charge in [-0.1, -0.05) is 54.1 Å². The third-order valence-corrected chi connectivity index (χ3v) is 3.96. The predicted molar refractivity (Wildman–Crippen MR) is 97.8 cm³/mol. The van der Waals surface area contributed by atoms with E-state index in [0.717, 1.165) is 5.56 Å². The Labute approximate surface area is 155 Å². The summed E-state index contributed by atoms with van der Waals surface area (Å²) in [6.07, 6.45) is 1.40. The maximum atomic E-state index is 13.8. The van der Waals surface area contributed by atoms with Crippen LogP contribution in [0.3, 0.4) is 0 Å². The molecule has 1 amide bonds. The molecule has 1 N–H and O–H groups in total. The van der Waals surface area contributed by atoms with E-state index in [2.05, 4.69) is 10.3 Å². The summed E-state index contributed by atoms with van der Waals surface area (Å²) < 4.78 is 19.4. The van der Waals surface area contributed by atoms with E-state index in [9.17, 15) is 9.18 Å². The molecule has 1 aromatic heterocycles. The van der Waals surface area contributed by atoms with E-state index in [1.54, 1.807) is 30.3 Å². The minimum Gasteiger partial charge on any atom is -0.488 e. The van der Waals surface area contributed by atoms with E-state index in [-0.39, 0.29) is 18.3 Å². The number of amides is 1. The van der Waals surface area contributed by atoms with Gasteiger partial charge in [0.2, 0.25) is 0 Å². The zero-order valence-corrected chi connectivity index (χ0v) is 14.5. The zero-order valence-electron chi connectivity index (χ0n) is 13.7. The number of halogens is 2. The van der Waals surface area contributed by atoms with Crippen LogP contribution in [-0.4, -0.2) is 17.5 Å². The van der Waals surface area contributed by atoms with E-state index < -0.39 is 11.9 Å². The van der Waals surface area contributed by atoms with Gasteiger partial charge in [-0.3, -0.25) is 4.79 Å². The first kappa shape index (κ1) is 17.9. The molecule has 0 saturated heterocycles. The lowest BCUT2D eigenvalue weighted by Crippen LogP contribution is -2.32. The standard InChI is InChI=1S/C20H16ClFN2O2/c21-19-11-10-15(12-23-19)20(25)24-17(14-6-2-1-3-7-14)13-26-18-9-5-4-8-16(18)22/h1-12,17H,13H2,(H,24,25). The summed E-state index contributed by atoms with van der Waals surface area (Å²) in [7, 11) is 0. The van der Waals surface area contributed by atoms with Crippen LogP contribution in [0.1, 0.15) is 22.0 Å². The van der Waals surface area contributed by atoms with E-state index in [1.807, 2.05) is 30.3 Å². The zero-order chi connectivity index (χ0) is 18.4. The van der Waals surface area contributed by atoms with Crippen molar-refractivity contribution >= 4 is 17.5 Å². The quantitative estimate of drug-likeness (QED) is 0.653. The smallest absolute Gasteiger partial charge is 0.253 e. The first-order valence-electron chi connectivity index (χ1n) is 7.98. The number of nitrogens with one attached hydrogen (secondary N) is 1. The SMILES string of the molecule is O=C(NC(COc1ccccc1F)c1ccccc1)c1ccc(Cl)nc1. The van der Waals surface area contributed by atoms with E-state index >= 15 is 0 Å². The van der Waals surface area contributed by atoms with Gasteiger partial charge in [0.15, 0.2) is 11.6 Å². The molecule has 26 heavy (non-hydrogen) atoms. The van der Waals surface area contributed by atoms with E-state index in [0.29, 0.717) is 10.7 Å². The Balaban J connectivity index is 1.76. The summed E-state index contributed by atoms with van der Waals surface area (Å²) >= 11 is 5.75. The molecular formula is C20H16ClFN2O2. The van der Waals surface area contributed by atoms with Gasteiger partial charge < -0.3 is 10.1 Å². The number of aromatic nitrogens is 1. The first-order valence-corrected chi connectivity index (χ1v) is 8.36. The largest absolute Gasteiger partial charge is 0.488 e. The number of ether oxygens (including phenoxy) is 1. The van der Waals surface area contributed by atoms with Crippen LogP contribution in [0.25, 0.3) is 0 Å². The van der Waals surface area contributed by atoms with Gasteiger partial charge in [-0.15, -0.1) is 0 Å². The molecule has 0 aliphatic heterocycles. The molecule has 2 aromatic carbocycles. The average Bonchev–Trinajstić information content (AvgIpc) is 2.67. The lowest BCUT2D eigenvalue weighted by Gasteiger charge is -2.20. The Morgan fingerprint density at radius 3 is 2.50 bits per heavy atom. The number of nitrogens with zero attached hydrogens (tertiary/aromatic N) is 1. The van der Waals surface area contributed by atoms with Crippen molar-refractivity contribution in [1.29, 1.82) is 0 Å². The number of carbonyl (C=O) groups is 1. The Hall–Kier alpha value is -2.92. The number of hydrogen-bond acceptors (Lipinski definition) is 3. The molecule has 3 aromatic rings. The second-order valence-corrected chi connectivity index (χ2v) is 5.94. The highest BCUT2D eigenvalue weighted by molar-refractivity contribution is 6.29. The van der Waals surface area contributed by atoms with Crippen molar-refractivity contribution in [1.82, 2.24) is 10.3 Å². The van der Waals surface area contributed by atoms with Gasteiger partial charge in [-0.05, 0) is 29.8 Å². The van der Waals surface area contributed by atoms with Gasteiger partial charge in [0.05, 0.1) is 11.6 Å². The Morgan fingerprint density at radius 2 is 1.81 bits per heavy atom. The van der Waals surface area contributed by atoms with E-state index in [1.165, 1.54) is 12.3 Å². The molecule has 132 valence electrons. The van der Waals surface area contributed by atoms with E-state index in [4.69, 9.17) is 16.3 Å². The van der Waals surface area contributed by atoms with Gasteiger partial charge in [0.25, 0.3) is 5.91 Å². The number of pyridine rings is 1. The highest BCUT2D eigenvalue weighted by atomic mass is 35.5. The average molecular weight is 371 g/mol. The van der Waals surface area contributed by atoms with Gasteiger partial charge >= 0.3 is 0 Å². The molecule has 0 bridgehead atoms. The summed E-state index contributed by atoms with van der Waals surface area (Å²) in [5.41, 5.74) is 1.22. The van der Waals surface area contributed by atoms with Crippen molar-refractivity contribution in [2.45, 2.75) is 6.04 Å². The third-order valence-electron chi connectivity index (χ3n) is 3.74.